The second-order valence-electron chi connectivity index (χ2n) is 1.72. The van der Waals surface area contributed by atoms with Crippen LogP contribution >= 0.6 is 22.6 Å². The van der Waals surface area contributed by atoms with Gasteiger partial charge in [-0.3, -0.25) is 0 Å². The molecule has 0 saturated carbocycles. The van der Waals surface area contributed by atoms with Gasteiger partial charge in [-0.25, -0.2) is 0 Å². The Balaban J connectivity index is 2.33. The van der Waals surface area contributed by atoms with Crippen molar-refractivity contribution in [2.24, 2.45) is 5.73 Å². The zero-order chi connectivity index (χ0) is 5.28. The molecule has 2 nitrogen and oxygen atoms in total. The highest BCUT2D eigenvalue weighted by atomic mass is 127. The quantitative estimate of drug-likeness (QED) is 0.459. The lowest BCUT2D eigenvalue weighted by molar-refractivity contribution is 0.195. The van der Waals surface area contributed by atoms with Gasteiger partial charge in [0.05, 0.1) is 17.1 Å². The van der Waals surface area contributed by atoms with E-state index in [9.17, 15) is 0 Å². The topological polar surface area (TPSA) is 35.2 Å². The van der Waals surface area contributed by atoms with Crippen LogP contribution in [0, 0.1) is 0 Å². The van der Waals surface area contributed by atoms with E-state index in [1.165, 1.54) is 0 Å². The highest BCUT2D eigenvalue weighted by Crippen LogP contribution is 2.11. The van der Waals surface area contributed by atoms with Gasteiger partial charge in [0.2, 0.25) is 0 Å². The molecule has 0 spiro atoms. The summed E-state index contributed by atoms with van der Waals surface area (Å²) in [7, 11) is 0. The van der Waals surface area contributed by atoms with Crippen LogP contribution in [0.15, 0.2) is 0 Å². The van der Waals surface area contributed by atoms with Gasteiger partial charge in [0.15, 0.2) is 0 Å². The van der Waals surface area contributed by atoms with Crippen molar-refractivity contribution < 1.29 is 4.74 Å². The molecule has 2 N–H and O–H groups in total. The Labute approximate surface area is 56.5 Å². The molecular weight excluding hydrogens is 205 g/mol. The summed E-state index contributed by atoms with van der Waals surface area (Å²) in [6.07, 6.45) is 0. The summed E-state index contributed by atoms with van der Waals surface area (Å²) >= 11 is 2.31. The lowest BCUT2D eigenvalue weighted by Gasteiger charge is -2.00. The Morgan fingerprint density at radius 1 is 1.57 bits per heavy atom. The number of hydrogen-bond acceptors (Lipinski definition) is 2. The smallest absolute Gasteiger partial charge is 0.0629 e. The molecule has 2 atom stereocenters. The molecule has 7 heavy (non-hydrogen) atoms. The van der Waals surface area contributed by atoms with E-state index >= 15 is 0 Å². The van der Waals surface area contributed by atoms with Gasteiger partial charge in [0, 0.05) is 6.04 Å². The van der Waals surface area contributed by atoms with Crippen LogP contribution in [0.1, 0.15) is 0 Å². The third-order valence-corrected chi connectivity index (χ3v) is 2.34. The van der Waals surface area contributed by atoms with E-state index in [0.29, 0.717) is 3.92 Å². The lowest BCUT2D eigenvalue weighted by Crippen LogP contribution is -2.28. The molecule has 0 unspecified atom stereocenters. The lowest BCUT2D eigenvalue weighted by atomic mass is 10.3. The van der Waals surface area contributed by atoms with Crippen molar-refractivity contribution in [3.63, 3.8) is 0 Å². The first-order valence-corrected chi connectivity index (χ1v) is 3.52. The Morgan fingerprint density at radius 2 is 2.29 bits per heavy atom. The fourth-order valence-corrected chi connectivity index (χ4v) is 1.01. The van der Waals surface area contributed by atoms with Crippen LogP contribution in [-0.4, -0.2) is 23.2 Å². The molecule has 0 aromatic carbocycles. The minimum absolute atomic E-state index is 0.278. The molecule has 0 bridgehead atoms. The van der Waals surface area contributed by atoms with Gasteiger partial charge < -0.3 is 10.5 Å². The molecule has 0 amide bonds. The van der Waals surface area contributed by atoms with E-state index in [0.717, 1.165) is 13.2 Å². The molecule has 1 aliphatic rings. The first-order valence-electron chi connectivity index (χ1n) is 2.28. The first kappa shape index (κ1) is 5.78. The number of alkyl halides is 1. The standard InChI is InChI=1S/C4H8INO/c5-3-1-7-2-4(3)6/h3-4H,1-2,6H2/t3-,4-/m0/s1. The summed E-state index contributed by atoms with van der Waals surface area (Å²) in [5.74, 6) is 0. The molecule has 1 saturated heterocycles. The average Bonchev–Trinajstić information content (AvgIpc) is 1.91. The van der Waals surface area contributed by atoms with Crippen LogP contribution in [0.3, 0.4) is 0 Å². The Hall–Kier alpha value is 0.650. The molecule has 0 aromatic rings. The van der Waals surface area contributed by atoms with E-state index in [2.05, 4.69) is 22.6 Å². The summed E-state index contributed by atoms with van der Waals surface area (Å²) in [6, 6.07) is 0.278. The summed E-state index contributed by atoms with van der Waals surface area (Å²) < 4.78 is 5.58. The summed E-state index contributed by atoms with van der Waals surface area (Å²) in [4.78, 5) is 0. The van der Waals surface area contributed by atoms with E-state index in [4.69, 9.17) is 10.5 Å². The molecule has 1 heterocycles. The van der Waals surface area contributed by atoms with Crippen molar-refractivity contribution in [1.82, 2.24) is 0 Å². The maximum absolute atomic E-state index is 5.55. The molecule has 1 rings (SSSR count). The Morgan fingerprint density at radius 3 is 2.43 bits per heavy atom. The fraction of sp³-hybridized carbons (Fsp3) is 1.00. The number of rotatable bonds is 0. The van der Waals surface area contributed by atoms with E-state index in [1.807, 2.05) is 0 Å². The van der Waals surface area contributed by atoms with Gasteiger partial charge >= 0.3 is 0 Å². The van der Waals surface area contributed by atoms with Crippen molar-refractivity contribution >= 4 is 22.6 Å². The number of nitrogens with two attached hydrogens (primary N) is 1. The van der Waals surface area contributed by atoms with Crippen LogP contribution in [0.25, 0.3) is 0 Å². The maximum atomic E-state index is 5.55. The van der Waals surface area contributed by atoms with Crippen molar-refractivity contribution in [1.29, 1.82) is 0 Å². The molecule has 0 aliphatic carbocycles. The SMILES string of the molecule is N[C@H]1COC[C@@H]1I. The van der Waals surface area contributed by atoms with Gasteiger partial charge in [-0.15, -0.1) is 0 Å². The van der Waals surface area contributed by atoms with Crippen LogP contribution in [0.5, 0.6) is 0 Å². The first-order chi connectivity index (χ1) is 3.30. The van der Waals surface area contributed by atoms with Crippen molar-refractivity contribution in [2.75, 3.05) is 13.2 Å². The van der Waals surface area contributed by atoms with E-state index in [1.54, 1.807) is 0 Å². The second-order valence-corrected chi connectivity index (χ2v) is 3.32. The third-order valence-electron chi connectivity index (χ3n) is 1.05. The summed E-state index contributed by atoms with van der Waals surface area (Å²) in [6.45, 7) is 1.58. The highest BCUT2D eigenvalue weighted by molar-refractivity contribution is 14.1. The maximum Gasteiger partial charge on any atom is 0.0629 e. The second kappa shape index (κ2) is 2.28. The predicted molar refractivity (Wildman–Crippen MR) is 36.6 cm³/mol. The zero-order valence-corrected chi connectivity index (χ0v) is 6.09. The van der Waals surface area contributed by atoms with Crippen LogP contribution in [0.2, 0.25) is 0 Å². The van der Waals surface area contributed by atoms with Crippen LogP contribution in [0.4, 0.5) is 0 Å². The molecule has 1 aliphatic heterocycles. The summed E-state index contributed by atoms with van der Waals surface area (Å²) in [5, 5.41) is 0. The van der Waals surface area contributed by atoms with Crippen molar-refractivity contribution in [3.8, 4) is 0 Å². The predicted octanol–water partition coefficient (Wildman–Crippen LogP) is 0.147. The molecule has 42 valence electrons. The minimum atomic E-state index is 0.278. The molecular formula is C4H8INO. The third kappa shape index (κ3) is 1.27. The van der Waals surface area contributed by atoms with Gasteiger partial charge in [-0.1, -0.05) is 22.6 Å². The van der Waals surface area contributed by atoms with Gasteiger partial charge in [-0.2, -0.15) is 0 Å². The minimum Gasteiger partial charge on any atom is -0.379 e. The average molecular weight is 213 g/mol. The Kier molecular flexibility index (Phi) is 1.88. The van der Waals surface area contributed by atoms with Gasteiger partial charge in [0.1, 0.15) is 0 Å². The molecule has 1 fully saturated rings. The fourth-order valence-electron chi connectivity index (χ4n) is 0.545. The summed E-state index contributed by atoms with van der Waals surface area (Å²) in [5.41, 5.74) is 5.55. The number of halogens is 1. The van der Waals surface area contributed by atoms with Gasteiger partial charge in [-0.05, 0) is 0 Å². The molecule has 3 heteroatoms. The highest BCUT2D eigenvalue weighted by Gasteiger charge is 2.20. The van der Waals surface area contributed by atoms with E-state index < -0.39 is 0 Å². The van der Waals surface area contributed by atoms with Gasteiger partial charge in [0.25, 0.3) is 0 Å². The largest absolute Gasteiger partial charge is 0.379 e. The van der Waals surface area contributed by atoms with Crippen molar-refractivity contribution in [3.05, 3.63) is 0 Å². The Bertz CT molecular complexity index is 60.7. The normalized spacial score (nSPS) is 42.0. The van der Waals surface area contributed by atoms with Crippen LogP contribution < -0.4 is 5.73 Å². The van der Waals surface area contributed by atoms with Crippen LogP contribution in [-0.2, 0) is 4.74 Å². The molecule has 0 aromatic heterocycles. The molecule has 0 radical (unpaired) electrons. The number of hydrogen-bond donors (Lipinski definition) is 1. The van der Waals surface area contributed by atoms with Crippen molar-refractivity contribution in [2.45, 2.75) is 9.97 Å². The zero-order valence-electron chi connectivity index (χ0n) is 3.93. The number of ether oxygens (including phenoxy) is 1. The van der Waals surface area contributed by atoms with E-state index in [-0.39, 0.29) is 6.04 Å². The monoisotopic (exact) mass is 213 g/mol.